The maximum absolute atomic E-state index is 5.99. The van der Waals surface area contributed by atoms with Crippen LogP contribution in [-0.4, -0.2) is 4.57 Å². The van der Waals surface area contributed by atoms with Crippen molar-refractivity contribution in [3.8, 4) is 5.75 Å². The number of aromatic nitrogens is 1. The Morgan fingerprint density at radius 1 is 1.00 bits per heavy atom. The molecule has 0 fully saturated rings. The molecule has 0 unspecified atom stereocenters. The topological polar surface area (TPSA) is 14.2 Å². The molecular formula is C20H21NO. The molecule has 3 aromatic rings. The van der Waals surface area contributed by atoms with Gasteiger partial charge in [-0.3, -0.25) is 0 Å². The summed E-state index contributed by atoms with van der Waals surface area (Å²) in [4.78, 5) is 0. The van der Waals surface area contributed by atoms with Crippen LogP contribution >= 0.6 is 0 Å². The lowest BCUT2D eigenvalue weighted by Crippen LogP contribution is -2.04. The third-order valence-corrected chi connectivity index (χ3v) is 4.75. The zero-order valence-electron chi connectivity index (χ0n) is 13.0. The van der Waals surface area contributed by atoms with Crippen LogP contribution in [-0.2, 0) is 26.5 Å². The van der Waals surface area contributed by atoms with Gasteiger partial charge in [-0.1, -0.05) is 30.3 Å². The smallest absolute Gasteiger partial charge is 0.120 e. The van der Waals surface area contributed by atoms with Crippen LogP contribution in [0.4, 0.5) is 0 Å². The second-order valence-corrected chi connectivity index (χ2v) is 6.14. The quantitative estimate of drug-likeness (QED) is 0.686. The van der Waals surface area contributed by atoms with Crippen molar-refractivity contribution in [1.82, 2.24) is 4.57 Å². The number of hydrogen-bond acceptors (Lipinski definition) is 1. The van der Waals surface area contributed by atoms with Crippen LogP contribution in [0, 0.1) is 0 Å². The Hall–Kier alpha value is -2.22. The first-order valence-electron chi connectivity index (χ1n) is 8.10. The molecule has 0 atom stereocenters. The lowest BCUT2D eigenvalue weighted by molar-refractivity contribution is 0.306. The maximum Gasteiger partial charge on any atom is 0.120 e. The SMILES string of the molecule is Cn1c2c(c3cc(OCc4ccccc4)ccc31)CCCC2. The molecule has 0 saturated heterocycles. The molecule has 112 valence electrons. The molecule has 4 rings (SSSR count). The fourth-order valence-electron chi connectivity index (χ4n) is 3.58. The van der Waals surface area contributed by atoms with Crippen molar-refractivity contribution in [3.63, 3.8) is 0 Å². The number of nitrogens with zero attached hydrogens (tertiary/aromatic N) is 1. The third kappa shape index (κ3) is 2.29. The molecule has 0 aliphatic heterocycles. The Morgan fingerprint density at radius 3 is 2.68 bits per heavy atom. The molecule has 0 amide bonds. The zero-order chi connectivity index (χ0) is 14.9. The van der Waals surface area contributed by atoms with Crippen LogP contribution < -0.4 is 4.74 Å². The van der Waals surface area contributed by atoms with Gasteiger partial charge in [-0.05, 0) is 55.0 Å². The summed E-state index contributed by atoms with van der Waals surface area (Å²) in [5, 5.41) is 1.38. The van der Waals surface area contributed by atoms with Crippen LogP contribution in [0.25, 0.3) is 10.9 Å². The Bertz CT molecular complexity index is 801. The van der Waals surface area contributed by atoms with Gasteiger partial charge in [0.15, 0.2) is 0 Å². The van der Waals surface area contributed by atoms with Crippen molar-refractivity contribution in [3.05, 3.63) is 65.4 Å². The lowest BCUT2D eigenvalue weighted by atomic mass is 9.95. The van der Waals surface area contributed by atoms with E-state index in [1.807, 2.05) is 6.07 Å². The van der Waals surface area contributed by atoms with E-state index in [9.17, 15) is 0 Å². The van der Waals surface area contributed by atoms with Crippen molar-refractivity contribution in [1.29, 1.82) is 0 Å². The summed E-state index contributed by atoms with van der Waals surface area (Å²) >= 11 is 0. The van der Waals surface area contributed by atoms with E-state index in [1.165, 1.54) is 53.4 Å². The van der Waals surface area contributed by atoms with Gasteiger partial charge in [0, 0.05) is 23.6 Å². The van der Waals surface area contributed by atoms with Crippen molar-refractivity contribution < 1.29 is 4.74 Å². The zero-order valence-corrected chi connectivity index (χ0v) is 13.0. The van der Waals surface area contributed by atoms with E-state index in [-0.39, 0.29) is 0 Å². The first-order chi connectivity index (χ1) is 10.8. The van der Waals surface area contributed by atoms with Crippen molar-refractivity contribution in [2.45, 2.75) is 32.3 Å². The molecular weight excluding hydrogens is 270 g/mol. The number of fused-ring (bicyclic) bond motifs is 3. The Labute approximate surface area is 131 Å². The predicted octanol–water partition coefficient (Wildman–Crippen LogP) is 4.64. The van der Waals surface area contributed by atoms with Gasteiger partial charge < -0.3 is 9.30 Å². The van der Waals surface area contributed by atoms with Crippen LogP contribution in [0.15, 0.2) is 48.5 Å². The molecule has 1 heterocycles. The highest BCUT2D eigenvalue weighted by Crippen LogP contribution is 2.33. The molecule has 22 heavy (non-hydrogen) atoms. The van der Waals surface area contributed by atoms with Crippen LogP contribution in [0.5, 0.6) is 5.75 Å². The van der Waals surface area contributed by atoms with E-state index >= 15 is 0 Å². The van der Waals surface area contributed by atoms with E-state index < -0.39 is 0 Å². The molecule has 2 aromatic carbocycles. The molecule has 2 nitrogen and oxygen atoms in total. The number of rotatable bonds is 3. The number of ether oxygens (including phenoxy) is 1. The van der Waals surface area contributed by atoms with Gasteiger partial charge in [0.25, 0.3) is 0 Å². The van der Waals surface area contributed by atoms with Gasteiger partial charge in [-0.25, -0.2) is 0 Å². The highest BCUT2D eigenvalue weighted by Gasteiger charge is 2.18. The first kappa shape index (κ1) is 13.4. The minimum Gasteiger partial charge on any atom is -0.489 e. The summed E-state index contributed by atoms with van der Waals surface area (Å²) < 4.78 is 8.36. The Morgan fingerprint density at radius 2 is 1.82 bits per heavy atom. The molecule has 0 bridgehead atoms. The van der Waals surface area contributed by atoms with Crippen LogP contribution in [0.2, 0.25) is 0 Å². The summed E-state index contributed by atoms with van der Waals surface area (Å²) in [6.45, 7) is 0.626. The minimum absolute atomic E-state index is 0.626. The highest BCUT2D eigenvalue weighted by atomic mass is 16.5. The second kappa shape index (κ2) is 5.53. The maximum atomic E-state index is 5.99. The van der Waals surface area contributed by atoms with Gasteiger partial charge in [-0.15, -0.1) is 0 Å². The van der Waals surface area contributed by atoms with Gasteiger partial charge >= 0.3 is 0 Å². The molecule has 2 heteroatoms. The van der Waals surface area contributed by atoms with E-state index in [4.69, 9.17) is 4.74 Å². The summed E-state index contributed by atoms with van der Waals surface area (Å²) in [5.74, 6) is 0.968. The van der Waals surface area contributed by atoms with E-state index in [1.54, 1.807) is 0 Å². The van der Waals surface area contributed by atoms with E-state index in [2.05, 4.69) is 54.1 Å². The Balaban J connectivity index is 1.66. The standard InChI is InChI=1S/C20H21NO/c1-21-19-10-6-5-9-17(19)18-13-16(11-12-20(18)21)22-14-15-7-3-2-4-8-15/h2-4,7-8,11-13H,5-6,9-10,14H2,1H3. The predicted molar refractivity (Wildman–Crippen MR) is 90.3 cm³/mol. The van der Waals surface area contributed by atoms with Crippen molar-refractivity contribution in [2.75, 3.05) is 0 Å². The Kier molecular flexibility index (Phi) is 3.38. The third-order valence-electron chi connectivity index (χ3n) is 4.75. The monoisotopic (exact) mass is 291 g/mol. The second-order valence-electron chi connectivity index (χ2n) is 6.14. The molecule has 0 spiro atoms. The van der Waals surface area contributed by atoms with Crippen molar-refractivity contribution in [2.24, 2.45) is 7.05 Å². The summed E-state index contributed by atoms with van der Waals surface area (Å²) in [5.41, 5.74) is 5.59. The molecule has 1 aliphatic carbocycles. The van der Waals surface area contributed by atoms with Gasteiger partial charge in [0.05, 0.1) is 0 Å². The van der Waals surface area contributed by atoms with Gasteiger partial charge in [-0.2, -0.15) is 0 Å². The van der Waals surface area contributed by atoms with Crippen LogP contribution in [0.1, 0.15) is 29.7 Å². The fourth-order valence-corrected chi connectivity index (χ4v) is 3.58. The molecule has 0 radical (unpaired) electrons. The number of hydrogen-bond donors (Lipinski definition) is 0. The normalized spacial score (nSPS) is 14.0. The molecule has 0 saturated carbocycles. The first-order valence-corrected chi connectivity index (χ1v) is 8.10. The van der Waals surface area contributed by atoms with E-state index in [0.29, 0.717) is 6.61 Å². The summed E-state index contributed by atoms with van der Waals surface area (Å²) in [6.07, 6.45) is 5.03. The molecule has 0 N–H and O–H groups in total. The average Bonchev–Trinajstić information content (AvgIpc) is 2.87. The fraction of sp³-hybridized carbons (Fsp3) is 0.300. The van der Waals surface area contributed by atoms with E-state index in [0.717, 1.165) is 5.75 Å². The summed E-state index contributed by atoms with van der Waals surface area (Å²) in [6, 6.07) is 16.9. The molecule has 1 aromatic heterocycles. The number of benzene rings is 2. The summed E-state index contributed by atoms with van der Waals surface area (Å²) in [7, 11) is 2.19. The highest BCUT2D eigenvalue weighted by molar-refractivity contribution is 5.87. The van der Waals surface area contributed by atoms with Crippen LogP contribution in [0.3, 0.4) is 0 Å². The average molecular weight is 291 g/mol. The molecule has 1 aliphatic rings. The lowest BCUT2D eigenvalue weighted by Gasteiger charge is -2.13. The van der Waals surface area contributed by atoms with Gasteiger partial charge in [0.2, 0.25) is 0 Å². The van der Waals surface area contributed by atoms with Gasteiger partial charge in [0.1, 0.15) is 12.4 Å². The largest absolute Gasteiger partial charge is 0.489 e. The van der Waals surface area contributed by atoms with Crippen molar-refractivity contribution >= 4 is 10.9 Å². The minimum atomic E-state index is 0.626. The number of aryl methyl sites for hydroxylation is 2.